The van der Waals surface area contributed by atoms with Crippen LogP contribution in [0.5, 0.6) is 11.5 Å². The number of rotatable bonds is 6. The van der Waals surface area contributed by atoms with E-state index < -0.39 is 11.9 Å². The zero-order valence-corrected chi connectivity index (χ0v) is 11.8. The summed E-state index contributed by atoms with van der Waals surface area (Å²) in [6, 6.07) is 14.1. The monoisotopic (exact) mass is 286 g/mol. The van der Waals surface area contributed by atoms with Crippen molar-refractivity contribution in [2.24, 2.45) is 5.92 Å². The van der Waals surface area contributed by atoms with Gasteiger partial charge in [-0.25, -0.2) is 0 Å². The zero-order valence-electron chi connectivity index (χ0n) is 11.8. The fourth-order valence-corrected chi connectivity index (χ4v) is 2.30. The number of methoxy groups -OCH3 is 1. The largest absolute Gasteiger partial charge is 0.508 e. The Morgan fingerprint density at radius 2 is 1.76 bits per heavy atom. The van der Waals surface area contributed by atoms with Crippen LogP contribution in [0, 0.1) is 5.92 Å². The molecule has 0 aliphatic carbocycles. The maximum atomic E-state index is 11.5. The van der Waals surface area contributed by atoms with E-state index >= 15 is 0 Å². The third-order valence-corrected chi connectivity index (χ3v) is 3.43. The molecule has 0 saturated heterocycles. The molecule has 0 aliphatic heterocycles. The minimum absolute atomic E-state index is 0.176. The second-order valence-electron chi connectivity index (χ2n) is 4.92. The molecule has 0 saturated carbocycles. The number of carboxylic acids is 1. The molecule has 2 N–H and O–H groups in total. The van der Waals surface area contributed by atoms with Gasteiger partial charge in [0.25, 0.3) is 0 Å². The van der Waals surface area contributed by atoms with Gasteiger partial charge in [0.05, 0.1) is 13.0 Å². The van der Waals surface area contributed by atoms with Gasteiger partial charge in [-0.1, -0.05) is 30.3 Å². The maximum absolute atomic E-state index is 11.5. The van der Waals surface area contributed by atoms with Crippen LogP contribution in [0.25, 0.3) is 0 Å². The lowest BCUT2D eigenvalue weighted by atomic mass is 9.92. The molecule has 21 heavy (non-hydrogen) atoms. The predicted octanol–water partition coefficient (Wildman–Crippen LogP) is 2.89. The number of hydrogen-bond donors (Lipinski definition) is 2. The van der Waals surface area contributed by atoms with Gasteiger partial charge < -0.3 is 14.9 Å². The second-order valence-corrected chi connectivity index (χ2v) is 4.92. The predicted molar refractivity (Wildman–Crippen MR) is 79.6 cm³/mol. The van der Waals surface area contributed by atoms with Crippen molar-refractivity contribution in [1.82, 2.24) is 0 Å². The number of aliphatic carboxylic acids is 1. The van der Waals surface area contributed by atoms with Crippen LogP contribution in [0.1, 0.15) is 11.1 Å². The van der Waals surface area contributed by atoms with E-state index in [-0.39, 0.29) is 5.75 Å². The van der Waals surface area contributed by atoms with E-state index in [1.54, 1.807) is 31.4 Å². The average molecular weight is 286 g/mol. The quantitative estimate of drug-likeness (QED) is 0.857. The Balaban J connectivity index is 2.16. The van der Waals surface area contributed by atoms with Gasteiger partial charge in [-0.3, -0.25) is 4.79 Å². The number of carbonyl (C=O) groups is 1. The smallest absolute Gasteiger partial charge is 0.307 e. The van der Waals surface area contributed by atoms with Crippen LogP contribution >= 0.6 is 0 Å². The molecule has 2 rings (SSSR count). The minimum atomic E-state index is -0.839. The molecular formula is C17H18O4. The number of carboxylic acid groups (broad SMARTS) is 1. The average Bonchev–Trinajstić information content (AvgIpc) is 2.49. The van der Waals surface area contributed by atoms with Crippen molar-refractivity contribution in [1.29, 1.82) is 0 Å². The Labute approximate surface area is 123 Å². The van der Waals surface area contributed by atoms with Gasteiger partial charge in [0.2, 0.25) is 0 Å². The Bertz CT molecular complexity index is 604. The van der Waals surface area contributed by atoms with Gasteiger partial charge in [0.15, 0.2) is 0 Å². The summed E-state index contributed by atoms with van der Waals surface area (Å²) in [6.45, 7) is 0. The van der Waals surface area contributed by atoms with Crippen LogP contribution in [0.4, 0.5) is 0 Å². The van der Waals surface area contributed by atoms with Gasteiger partial charge in [-0.05, 0) is 42.2 Å². The molecular weight excluding hydrogens is 268 g/mol. The molecule has 0 heterocycles. The highest BCUT2D eigenvalue weighted by molar-refractivity contribution is 5.71. The molecule has 0 spiro atoms. The van der Waals surface area contributed by atoms with Crippen LogP contribution in [-0.2, 0) is 17.6 Å². The van der Waals surface area contributed by atoms with E-state index in [1.165, 1.54) is 0 Å². The summed E-state index contributed by atoms with van der Waals surface area (Å²) in [5.74, 6) is -0.496. The molecule has 0 radical (unpaired) electrons. The standard InChI is InChI=1S/C17H18O4/c1-21-16-5-3-2-4-13(16)11-14(17(19)20)10-12-6-8-15(18)9-7-12/h2-9,14,18H,10-11H2,1H3,(H,19,20). The molecule has 2 aromatic rings. The highest BCUT2D eigenvalue weighted by atomic mass is 16.5. The van der Waals surface area contributed by atoms with Crippen LogP contribution in [0.15, 0.2) is 48.5 Å². The van der Waals surface area contributed by atoms with E-state index in [4.69, 9.17) is 4.74 Å². The van der Waals surface area contributed by atoms with Gasteiger partial charge >= 0.3 is 5.97 Å². The van der Waals surface area contributed by atoms with Gasteiger partial charge in [-0.2, -0.15) is 0 Å². The summed E-state index contributed by atoms with van der Waals surface area (Å²) in [4.78, 5) is 11.5. The highest BCUT2D eigenvalue weighted by Gasteiger charge is 2.20. The molecule has 0 aliphatic rings. The molecule has 0 amide bonds. The summed E-state index contributed by atoms with van der Waals surface area (Å²) in [5, 5.41) is 18.7. The van der Waals surface area contributed by atoms with Crippen LogP contribution < -0.4 is 4.74 Å². The summed E-state index contributed by atoms with van der Waals surface area (Å²) >= 11 is 0. The van der Waals surface area contributed by atoms with Crippen molar-refractivity contribution in [3.8, 4) is 11.5 Å². The molecule has 0 fully saturated rings. The number of phenols is 1. The molecule has 2 aromatic carbocycles. The third-order valence-electron chi connectivity index (χ3n) is 3.43. The maximum Gasteiger partial charge on any atom is 0.307 e. The Kier molecular flexibility index (Phi) is 4.82. The third kappa shape index (κ3) is 3.99. The molecule has 4 heteroatoms. The SMILES string of the molecule is COc1ccccc1CC(Cc1ccc(O)cc1)C(=O)O. The molecule has 110 valence electrons. The Morgan fingerprint density at radius 3 is 2.38 bits per heavy atom. The topological polar surface area (TPSA) is 66.8 Å². The molecule has 4 nitrogen and oxygen atoms in total. The minimum Gasteiger partial charge on any atom is -0.508 e. The van der Waals surface area contributed by atoms with Crippen molar-refractivity contribution in [3.63, 3.8) is 0 Å². The van der Waals surface area contributed by atoms with E-state index in [9.17, 15) is 15.0 Å². The number of ether oxygens (including phenoxy) is 1. The van der Waals surface area contributed by atoms with Crippen LogP contribution in [0.2, 0.25) is 0 Å². The number of hydrogen-bond acceptors (Lipinski definition) is 3. The first kappa shape index (κ1) is 14.9. The number of para-hydroxylation sites is 1. The first-order valence-corrected chi connectivity index (χ1v) is 6.72. The van der Waals surface area contributed by atoms with Crippen LogP contribution in [0.3, 0.4) is 0 Å². The van der Waals surface area contributed by atoms with Crippen molar-refractivity contribution in [3.05, 3.63) is 59.7 Å². The normalized spacial score (nSPS) is 11.9. The van der Waals surface area contributed by atoms with E-state index in [0.717, 1.165) is 11.1 Å². The van der Waals surface area contributed by atoms with Crippen molar-refractivity contribution < 1.29 is 19.7 Å². The van der Waals surface area contributed by atoms with Gasteiger partial charge in [0, 0.05) is 0 Å². The van der Waals surface area contributed by atoms with E-state index in [2.05, 4.69) is 0 Å². The molecule has 1 atom stereocenters. The van der Waals surface area contributed by atoms with Gasteiger partial charge in [0.1, 0.15) is 11.5 Å². The van der Waals surface area contributed by atoms with E-state index in [0.29, 0.717) is 18.6 Å². The summed E-state index contributed by atoms with van der Waals surface area (Å²) < 4.78 is 5.27. The lowest BCUT2D eigenvalue weighted by molar-refractivity contribution is -0.141. The lowest BCUT2D eigenvalue weighted by Crippen LogP contribution is -2.19. The first-order valence-electron chi connectivity index (χ1n) is 6.72. The Hall–Kier alpha value is -2.49. The van der Waals surface area contributed by atoms with Crippen LogP contribution in [-0.4, -0.2) is 23.3 Å². The summed E-state index contributed by atoms with van der Waals surface area (Å²) in [5.41, 5.74) is 1.77. The second kappa shape index (κ2) is 6.79. The molecule has 1 unspecified atom stereocenters. The number of phenolic OH excluding ortho intramolecular Hbond substituents is 1. The zero-order chi connectivity index (χ0) is 15.2. The fraction of sp³-hybridized carbons (Fsp3) is 0.235. The number of benzene rings is 2. The Morgan fingerprint density at radius 1 is 1.10 bits per heavy atom. The summed E-state index contributed by atoms with van der Waals surface area (Å²) in [7, 11) is 1.58. The molecule has 0 aromatic heterocycles. The van der Waals surface area contributed by atoms with E-state index in [1.807, 2.05) is 24.3 Å². The van der Waals surface area contributed by atoms with Gasteiger partial charge in [-0.15, -0.1) is 0 Å². The number of aromatic hydroxyl groups is 1. The lowest BCUT2D eigenvalue weighted by Gasteiger charge is -2.15. The summed E-state index contributed by atoms with van der Waals surface area (Å²) in [6.07, 6.45) is 0.813. The highest BCUT2D eigenvalue weighted by Crippen LogP contribution is 2.23. The van der Waals surface area contributed by atoms with Crippen molar-refractivity contribution in [2.45, 2.75) is 12.8 Å². The fourth-order valence-electron chi connectivity index (χ4n) is 2.30. The van der Waals surface area contributed by atoms with Crippen molar-refractivity contribution >= 4 is 5.97 Å². The first-order chi connectivity index (χ1) is 10.1. The molecule has 0 bridgehead atoms. The van der Waals surface area contributed by atoms with Crippen molar-refractivity contribution in [2.75, 3.05) is 7.11 Å².